The fourth-order valence-electron chi connectivity index (χ4n) is 1.12. The average Bonchev–Trinajstić information content (AvgIpc) is 1.86. The minimum atomic E-state index is 0.529. The molecular weight excluding hydrogens is 124 g/mol. The Labute approximate surface area is 60.3 Å². The van der Waals surface area contributed by atoms with E-state index in [-0.39, 0.29) is 0 Å². The summed E-state index contributed by atoms with van der Waals surface area (Å²) in [5.74, 6) is 0. The van der Waals surface area contributed by atoms with E-state index in [9.17, 15) is 0 Å². The summed E-state index contributed by atoms with van der Waals surface area (Å²) in [7, 11) is 0. The van der Waals surface area contributed by atoms with Crippen LogP contribution in [0.25, 0.3) is 0 Å². The lowest BCUT2D eigenvalue weighted by Crippen LogP contribution is -2.35. The molecule has 52 valence electrons. The van der Waals surface area contributed by atoms with Crippen LogP contribution in [0.2, 0.25) is 0 Å². The molecule has 2 heterocycles. The van der Waals surface area contributed by atoms with E-state index in [2.05, 4.69) is 16.4 Å². The van der Waals surface area contributed by atoms with Crippen LogP contribution in [-0.4, -0.2) is 11.5 Å². The summed E-state index contributed by atoms with van der Waals surface area (Å²) >= 11 is 0. The highest BCUT2D eigenvalue weighted by Gasteiger charge is 2.18. The van der Waals surface area contributed by atoms with Crippen LogP contribution in [0.4, 0.5) is 0 Å². The Bertz CT molecular complexity index is 204. The second-order valence-electron chi connectivity index (χ2n) is 2.55. The zero-order chi connectivity index (χ0) is 6.81. The van der Waals surface area contributed by atoms with Crippen LogP contribution in [0.15, 0.2) is 24.4 Å². The van der Waals surface area contributed by atoms with E-state index in [1.807, 2.05) is 18.3 Å². The van der Waals surface area contributed by atoms with Gasteiger partial charge in [0.1, 0.15) is 0 Å². The third kappa shape index (κ3) is 0.907. The Balaban J connectivity index is 2.18. The van der Waals surface area contributed by atoms with Gasteiger partial charge in [0, 0.05) is 6.20 Å². The second kappa shape index (κ2) is 2.39. The zero-order valence-corrected chi connectivity index (χ0v) is 5.75. The van der Waals surface area contributed by atoms with Gasteiger partial charge in [0.25, 0.3) is 0 Å². The molecule has 1 fully saturated rings. The van der Waals surface area contributed by atoms with E-state index < -0.39 is 0 Å². The molecule has 0 bridgehead atoms. The largest absolute Gasteiger partial charge is 0.309 e. The number of aromatic nitrogens is 1. The monoisotopic (exact) mass is 134 g/mol. The molecule has 1 atom stereocenters. The van der Waals surface area contributed by atoms with Gasteiger partial charge in [-0.1, -0.05) is 6.07 Å². The molecular formula is C8H10N2. The Morgan fingerprint density at radius 3 is 2.90 bits per heavy atom. The molecule has 0 aliphatic carbocycles. The van der Waals surface area contributed by atoms with E-state index in [4.69, 9.17) is 0 Å². The minimum absolute atomic E-state index is 0.529. The number of nitrogens with zero attached hydrogens (tertiary/aromatic N) is 1. The summed E-state index contributed by atoms with van der Waals surface area (Å²) in [6.45, 7) is 1.14. The maximum Gasteiger partial charge on any atom is 0.0573 e. The normalized spacial score (nSPS) is 23.8. The summed E-state index contributed by atoms with van der Waals surface area (Å²) in [6.07, 6.45) is 3.08. The van der Waals surface area contributed by atoms with E-state index >= 15 is 0 Å². The Hall–Kier alpha value is -0.890. The highest BCUT2D eigenvalue weighted by Crippen LogP contribution is 2.19. The lowest BCUT2D eigenvalue weighted by Gasteiger charge is -2.26. The van der Waals surface area contributed by atoms with Crippen LogP contribution in [0.3, 0.4) is 0 Å². The molecule has 10 heavy (non-hydrogen) atoms. The Morgan fingerprint density at radius 1 is 1.50 bits per heavy atom. The summed E-state index contributed by atoms with van der Waals surface area (Å²) in [5, 5.41) is 3.30. The van der Waals surface area contributed by atoms with E-state index in [0.717, 1.165) is 6.54 Å². The molecule has 0 spiro atoms. The summed E-state index contributed by atoms with van der Waals surface area (Å²) in [6, 6.07) is 6.57. The third-order valence-corrected chi connectivity index (χ3v) is 1.87. The summed E-state index contributed by atoms with van der Waals surface area (Å²) in [4.78, 5) is 4.24. The first kappa shape index (κ1) is 5.86. The molecule has 0 radical (unpaired) electrons. The van der Waals surface area contributed by atoms with Crippen molar-refractivity contribution in [3.8, 4) is 0 Å². The highest BCUT2D eigenvalue weighted by molar-refractivity contribution is 5.10. The van der Waals surface area contributed by atoms with Gasteiger partial charge in [0.15, 0.2) is 0 Å². The fourth-order valence-corrected chi connectivity index (χ4v) is 1.12. The molecule has 1 aliphatic rings. The van der Waals surface area contributed by atoms with Gasteiger partial charge in [-0.05, 0) is 25.1 Å². The molecule has 1 aromatic heterocycles. The number of pyridine rings is 1. The van der Waals surface area contributed by atoms with Crippen molar-refractivity contribution in [3.63, 3.8) is 0 Å². The number of hydrogen-bond acceptors (Lipinski definition) is 2. The molecule has 1 N–H and O–H groups in total. The van der Waals surface area contributed by atoms with Gasteiger partial charge in [-0.2, -0.15) is 0 Å². The highest BCUT2D eigenvalue weighted by atomic mass is 15.0. The first-order valence-electron chi connectivity index (χ1n) is 3.61. The smallest absolute Gasteiger partial charge is 0.0573 e. The maximum atomic E-state index is 4.24. The van der Waals surface area contributed by atoms with Gasteiger partial charge in [0.05, 0.1) is 11.7 Å². The van der Waals surface area contributed by atoms with Crippen LogP contribution in [-0.2, 0) is 0 Å². The molecule has 0 unspecified atom stereocenters. The molecule has 2 heteroatoms. The summed E-state index contributed by atoms with van der Waals surface area (Å²) in [5.41, 5.74) is 1.17. The molecule has 1 aromatic rings. The van der Waals surface area contributed by atoms with Crippen molar-refractivity contribution in [2.75, 3.05) is 6.54 Å². The lowest BCUT2D eigenvalue weighted by molar-refractivity contribution is 0.375. The van der Waals surface area contributed by atoms with Crippen LogP contribution in [0, 0.1) is 0 Å². The van der Waals surface area contributed by atoms with Crippen molar-refractivity contribution in [1.29, 1.82) is 0 Å². The Morgan fingerprint density at radius 2 is 2.40 bits per heavy atom. The second-order valence-corrected chi connectivity index (χ2v) is 2.55. The maximum absolute atomic E-state index is 4.24. The molecule has 2 rings (SSSR count). The van der Waals surface area contributed by atoms with Crippen LogP contribution < -0.4 is 5.32 Å². The van der Waals surface area contributed by atoms with Crippen molar-refractivity contribution >= 4 is 0 Å². The topological polar surface area (TPSA) is 24.9 Å². The van der Waals surface area contributed by atoms with Crippen LogP contribution >= 0.6 is 0 Å². The van der Waals surface area contributed by atoms with Gasteiger partial charge < -0.3 is 5.32 Å². The Kier molecular flexibility index (Phi) is 1.40. The number of hydrogen-bond donors (Lipinski definition) is 1. The van der Waals surface area contributed by atoms with Crippen molar-refractivity contribution in [2.45, 2.75) is 12.5 Å². The molecule has 0 aromatic carbocycles. The lowest BCUT2D eigenvalue weighted by atomic mass is 10.0. The third-order valence-electron chi connectivity index (χ3n) is 1.87. The van der Waals surface area contributed by atoms with Gasteiger partial charge in [-0.25, -0.2) is 0 Å². The fraction of sp³-hybridized carbons (Fsp3) is 0.375. The van der Waals surface area contributed by atoms with Crippen molar-refractivity contribution < 1.29 is 0 Å². The molecule has 0 saturated carbocycles. The van der Waals surface area contributed by atoms with Gasteiger partial charge in [0.2, 0.25) is 0 Å². The number of nitrogens with one attached hydrogen (secondary N) is 1. The van der Waals surface area contributed by atoms with Gasteiger partial charge in [-0.3, -0.25) is 4.98 Å². The predicted molar refractivity (Wildman–Crippen MR) is 39.6 cm³/mol. The zero-order valence-electron chi connectivity index (χ0n) is 5.75. The molecule has 2 nitrogen and oxygen atoms in total. The standard InChI is InChI=1S/C8H10N2/c1-2-5-9-7(3-1)8-4-6-10-8/h1-3,5,8,10H,4,6H2/t8-/m0/s1. The molecule has 1 aliphatic heterocycles. The van der Waals surface area contributed by atoms with E-state index in [0.29, 0.717) is 6.04 Å². The summed E-state index contributed by atoms with van der Waals surface area (Å²) < 4.78 is 0. The predicted octanol–water partition coefficient (Wildman–Crippen LogP) is 1.12. The van der Waals surface area contributed by atoms with Gasteiger partial charge >= 0.3 is 0 Å². The van der Waals surface area contributed by atoms with Crippen molar-refractivity contribution in [1.82, 2.24) is 10.3 Å². The first-order valence-corrected chi connectivity index (χ1v) is 3.61. The van der Waals surface area contributed by atoms with Crippen molar-refractivity contribution in [3.05, 3.63) is 30.1 Å². The molecule has 1 saturated heterocycles. The van der Waals surface area contributed by atoms with Crippen LogP contribution in [0.1, 0.15) is 18.2 Å². The molecule has 0 amide bonds. The quantitative estimate of drug-likeness (QED) is 0.622. The minimum Gasteiger partial charge on any atom is -0.309 e. The van der Waals surface area contributed by atoms with Crippen molar-refractivity contribution in [2.24, 2.45) is 0 Å². The average molecular weight is 134 g/mol. The first-order chi connectivity index (χ1) is 4.97. The van der Waals surface area contributed by atoms with Crippen LogP contribution in [0.5, 0.6) is 0 Å². The van der Waals surface area contributed by atoms with Gasteiger partial charge in [-0.15, -0.1) is 0 Å². The van der Waals surface area contributed by atoms with E-state index in [1.54, 1.807) is 0 Å². The SMILES string of the molecule is c1ccc([C@@H]2CCN2)nc1. The van der Waals surface area contributed by atoms with E-state index in [1.165, 1.54) is 12.1 Å². The number of rotatable bonds is 1.